The van der Waals surface area contributed by atoms with Crippen molar-refractivity contribution < 1.29 is 9.18 Å². The predicted octanol–water partition coefficient (Wildman–Crippen LogP) is 4.42. The molecule has 0 radical (unpaired) electrons. The van der Waals surface area contributed by atoms with Crippen LogP contribution in [-0.2, 0) is 6.54 Å². The topological polar surface area (TPSA) is 143 Å². The lowest BCUT2D eigenvalue weighted by molar-refractivity contribution is 0.0940. The van der Waals surface area contributed by atoms with Crippen molar-refractivity contribution in [1.82, 2.24) is 15.3 Å². The van der Waals surface area contributed by atoms with Gasteiger partial charge in [0.15, 0.2) is 0 Å². The van der Waals surface area contributed by atoms with Crippen LogP contribution in [0.4, 0.5) is 21.7 Å². The quantitative estimate of drug-likeness (QED) is 0.306. The summed E-state index contributed by atoms with van der Waals surface area (Å²) in [6, 6.07) is 18.6. The van der Waals surface area contributed by atoms with Crippen LogP contribution in [0.1, 0.15) is 40.0 Å². The average molecular weight is 482 g/mol. The van der Waals surface area contributed by atoms with E-state index in [-0.39, 0.29) is 23.0 Å². The molecule has 2 aromatic heterocycles. The zero-order chi connectivity index (χ0) is 25.7. The lowest BCUT2D eigenvalue weighted by Gasteiger charge is -2.16. The van der Waals surface area contributed by atoms with Crippen molar-refractivity contribution in [3.8, 4) is 17.2 Å². The van der Waals surface area contributed by atoms with E-state index < -0.39 is 5.91 Å². The molecule has 1 atom stereocenters. The third kappa shape index (κ3) is 5.56. The summed E-state index contributed by atoms with van der Waals surface area (Å²) in [7, 11) is 0. The van der Waals surface area contributed by atoms with Gasteiger partial charge in [-0.05, 0) is 47.9 Å². The fourth-order valence-electron chi connectivity index (χ4n) is 3.60. The van der Waals surface area contributed by atoms with Crippen LogP contribution in [0.25, 0.3) is 11.1 Å². The lowest BCUT2D eigenvalue weighted by atomic mass is 10.0. The van der Waals surface area contributed by atoms with Crippen molar-refractivity contribution in [2.24, 2.45) is 0 Å². The molecular formula is C27H24FN7O. The van der Waals surface area contributed by atoms with Crippen LogP contribution in [0.2, 0.25) is 0 Å². The number of anilines is 3. The molecule has 2 heterocycles. The van der Waals surface area contributed by atoms with Gasteiger partial charge < -0.3 is 22.1 Å². The van der Waals surface area contributed by atoms with E-state index >= 15 is 0 Å². The number of nitriles is 1. The molecule has 0 aliphatic carbocycles. The second kappa shape index (κ2) is 10.5. The smallest absolute Gasteiger partial charge is 0.255 e. The summed E-state index contributed by atoms with van der Waals surface area (Å²) in [6.45, 7) is 2.20. The summed E-state index contributed by atoms with van der Waals surface area (Å²) in [5.74, 6) is -0.113. The Bertz CT molecular complexity index is 1430. The number of aromatic nitrogens is 2. The molecule has 4 aromatic rings. The monoisotopic (exact) mass is 481 g/mol. The zero-order valence-electron chi connectivity index (χ0n) is 19.5. The zero-order valence-corrected chi connectivity index (χ0v) is 19.5. The van der Waals surface area contributed by atoms with Crippen LogP contribution in [0, 0.1) is 17.1 Å². The van der Waals surface area contributed by atoms with E-state index in [1.165, 1.54) is 24.4 Å². The molecule has 2 aromatic carbocycles. The summed E-state index contributed by atoms with van der Waals surface area (Å²) in [4.78, 5) is 21.4. The summed E-state index contributed by atoms with van der Waals surface area (Å²) >= 11 is 0. The minimum atomic E-state index is -0.400. The van der Waals surface area contributed by atoms with Gasteiger partial charge in [0.1, 0.15) is 23.5 Å². The van der Waals surface area contributed by atoms with Gasteiger partial charge in [-0.25, -0.2) is 14.4 Å². The highest BCUT2D eigenvalue weighted by atomic mass is 19.1. The minimum Gasteiger partial charge on any atom is -0.396 e. The molecule has 0 fully saturated rings. The molecule has 1 amide bonds. The van der Waals surface area contributed by atoms with Gasteiger partial charge in [-0.2, -0.15) is 5.26 Å². The number of hydrogen-bond donors (Lipinski definition) is 4. The number of carbonyl (C=O) groups is 1. The molecule has 36 heavy (non-hydrogen) atoms. The molecule has 0 aliphatic rings. The van der Waals surface area contributed by atoms with Gasteiger partial charge in [0, 0.05) is 24.5 Å². The predicted molar refractivity (Wildman–Crippen MR) is 137 cm³/mol. The molecule has 8 nitrogen and oxygen atoms in total. The van der Waals surface area contributed by atoms with Crippen LogP contribution in [0.3, 0.4) is 0 Å². The average Bonchev–Trinajstić information content (AvgIpc) is 2.89. The van der Waals surface area contributed by atoms with E-state index in [9.17, 15) is 14.4 Å². The van der Waals surface area contributed by atoms with Gasteiger partial charge in [0.2, 0.25) is 0 Å². The number of nitrogen functional groups attached to an aromatic ring is 2. The van der Waals surface area contributed by atoms with E-state index in [2.05, 4.69) is 20.6 Å². The minimum absolute atomic E-state index is 0.239. The van der Waals surface area contributed by atoms with E-state index in [1.54, 1.807) is 31.3 Å². The molecule has 0 saturated heterocycles. The molecular weight excluding hydrogens is 457 g/mol. The first-order valence-electron chi connectivity index (χ1n) is 11.1. The van der Waals surface area contributed by atoms with Gasteiger partial charge in [0.05, 0.1) is 22.9 Å². The number of nitrogens with one attached hydrogen (secondary N) is 2. The first kappa shape index (κ1) is 24.2. The van der Waals surface area contributed by atoms with Gasteiger partial charge in [-0.3, -0.25) is 4.79 Å². The molecule has 0 aliphatic heterocycles. The van der Waals surface area contributed by atoms with Crippen molar-refractivity contribution in [3.63, 3.8) is 0 Å². The second-order valence-electron chi connectivity index (χ2n) is 8.23. The standard InChI is InChI=1S/C27H24FN7O/c1-16(19-6-8-22(28)9-7-19)35-27(36)23-10-18(12-29)14-34-26(23)33-13-17-2-4-20(5-3-17)21-11-24(30)25(31)32-15-21/h2-11,14-16H,13,30H2,1H3,(H2,31,32)(H,33,34)(H,35,36). The van der Waals surface area contributed by atoms with Gasteiger partial charge in [-0.15, -0.1) is 0 Å². The van der Waals surface area contributed by atoms with Crippen LogP contribution in [-0.4, -0.2) is 15.9 Å². The number of pyridine rings is 2. The number of amides is 1. The third-order valence-electron chi connectivity index (χ3n) is 5.68. The fraction of sp³-hybridized carbons (Fsp3) is 0.111. The summed E-state index contributed by atoms with van der Waals surface area (Å²) in [5.41, 5.74) is 16.0. The van der Waals surface area contributed by atoms with E-state index in [0.717, 1.165) is 22.3 Å². The Kier molecular flexibility index (Phi) is 7.07. The van der Waals surface area contributed by atoms with Gasteiger partial charge in [0.25, 0.3) is 5.91 Å². The summed E-state index contributed by atoms with van der Waals surface area (Å²) in [6.07, 6.45) is 3.07. The molecule has 180 valence electrons. The summed E-state index contributed by atoms with van der Waals surface area (Å²) in [5, 5.41) is 15.3. The largest absolute Gasteiger partial charge is 0.396 e. The van der Waals surface area contributed by atoms with Crippen molar-refractivity contribution in [1.29, 1.82) is 5.26 Å². The number of rotatable bonds is 7. The number of carbonyl (C=O) groups excluding carboxylic acids is 1. The molecule has 9 heteroatoms. The highest BCUT2D eigenvalue weighted by Crippen LogP contribution is 2.24. The molecule has 0 spiro atoms. The molecule has 4 rings (SSSR count). The number of hydrogen-bond acceptors (Lipinski definition) is 7. The third-order valence-corrected chi connectivity index (χ3v) is 5.68. The number of nitrogens with two attached hydrogens (primary N) is 2. The Labute approximate surface area is 207 Å². The molecule has 6 N–H and O–H groups in total. The maximum atomic E-state index is 13.2. The maximum absolute atomic E-state index is 13.2. The van der Waals surface area contributed by atoms with Crippen LogP contribution in [0.5, 0.6) is 0 Å². The number of benzene rings is 2. The van der Waals surface area contributed by atoms with Gasteiger partial charge >= 0.3 is 0 Å². The highest BCUT2D eigenvalue weighted by molar-refractivity contribution is 5.99. The van der Waals surface area contributed by atoms with Crippen molar-refractivity contribution in [3.05, 3.63) is 101 Å². The highest BCUT2D eigenvalue weighted by Gasteiger charge is 2.17. The lowest BCUT2D eigenvalue weighted by Crippen LogP contribution is -2.28. The molecule has 0 saturated carbocycles. The Morgan fingerprint density at radius 3 is 2.42 bits per heavy atom. The Balaban J connectivity index is 1.48. The van der Waals surface area contributed by atoms with Crippen molar-refractivity contribution >= 4 is 23.2 Å². The van der Waals surface area contributed by atoms with Crippen LogP contribution < -0.4 is 22.1 Å². The normalized spacial score (nSPS) is 11.4. The summed E-state index contributed by atoms with van der Waals surface area (Å²) < 4.78 is 13.2. The molecule has 1 unspecified atom stereocenters. The fourth-order valence-corrected chi connectivity index (χ4v) is 3.60. The van der Waals surface area contributed by atoms with Crippen LogP contribution in [0.15, 0.2) is 73.1 Å². The van der Waals surface area contributed by atoms with Crippen LogP contribution >= 0.6 is 0 Å². The first-order valence-corrected chi connectivity index (χ1v) is 11.1. The van der Waals surface area contributed by atoms with Crippen molar-refractivity contribution in [2.75, 3.05) is 16.8 Å². The van der Waals surface area contributed by atoms with Gasteiger partial charge in [-0.1, -0.05) is 36.4 Å². The molecule has 0 bridgehead atoms. The Hall–Kier alpha value is -4.97. The number of halogens is 1. The Morgan fingerprint density at radius 1 is 1.03 bits per heavy atom. The van der Waals surface area contributed by atoms with E-state index in [1.807, 2.05) is 30.3 Å². The Morgan fingerprint density at radius 2 is 1.75 bits per heavy atom. The van der Waals surface area contributed by atoms with E-state index in [0.29, 0.717) is 23.9 Å². The first-order chi connectivity index (χ1) is 17.3. The van der Waals surface area contributed by atoms with Crippen molar-refractivity contribution in [2.45, 2.75) is 19.5 Å². The maximum Gasteiger partial charge on any atom is 0.255 e. The van der Waals surface area contributed by atoms with E-state index in [4.69, 9.17) is 11.5 Å². The SMILES string of the molecule is CC(NC(=O)c1cc(C#N)cnc1NCc1ccc(-c2cnc(N)c(N)c2)cc1)c1ccc(F)cc1. The second-order valence-corrected chi connectivity index (χ2v) is 8.23. The number of nitrogens with zero attached hydrogens (tertiary/aromatic N) is 3.